The zero-order chi connectivity index (χ0) is 17.4. The Kier molecular flexibility index (Phi) is 3.69. The predicted molar refractivity (Wildman–Crippen MR) is 94.3 cm³/mol. The van der Waals surface area contributed by atoms with Crippen molar-refractivity contribution in [2.75, 3.05) is 12.4 Å². The molecule has 4 rings (SSSR count). The first kappa shape index (κ1) is 15.3. The number of methoxy groups -OCH3 is 1. The number of nitrogens with one attached hydrogen (secondary N) is 1. The molecule has 3 heterocycles. The van der Waals surface area contributed by atoms with Crippen LogP contribution in [0.2, 0.25) is 0 Å². The third-order valence-electron chi connectivity index (χ3n) is 3.70. The van der Waals surface area contributed by atoms with E-state index in [1.54, 1.807) is 24.3 Å². The van der Waals surface area contributed by atoms with Gasteiger partial charge in [0.05, 0.1) is 23.0 Å². The fourth-order valence-electron chi connectivity index (χ4n) is 2.55. The van der Waals surface area contributed by atoms with Crippen LogP contribution in [0.1, 0.15) is 0 Å². The van der Waals surface area contributed by atoms with Crippen molar-refractivity contribution in [3.8, 4) is 5.75 Å². The summed E-state index contributed by atoms with van der Waals surface area (Å²) in [6.45, 7) is -0.203. The SMILES string of the molecule is COc1ccccc1NC(=O)Cn1nc2c3sccc3ncn2c1=O. The molecule has 4 aromatic rings. The Labute approximate surface area is 145 Å². The zero-order valence-corrected chi connectivity index (χ0v) is 14.0. The van der Waals surface area contributed by atoms with Crippen LogP contribution >= 0.6 is 11.3 Å². The summed E-state index contributed by atoms with van der Waals surface area (Å²) in [7, 11) is 1.52. The van der Waals surface area contributed by atoms with E-state index in [-0.39, 0.29) is 12.5 Å². The fraction of sp³-hybridized carbons (Fsp3) is 0.125. The molecule has 9 heteroatoms. The van der Waals surface area contributed by atoms with E-state index in [0.717, 1.165) is 14.9 Å². The molecule has 3 aromatic heterocycles. The summed E-state index contributed by atoms with van der Waals surface area (Å²) in [6, 6.07) is 8.92. The summed E-state index contributed by atoms with van der Waals surface area (Å²) in [5.74, 6) is 0.174. The highest BCUT2D eigenvalue weighted by Gasteiger charge is 2.15. The number of aromatic nitrogens is 4. The summed E-state index contributed by atoms with van der Waals surface area (Å²) in [4.78, 5) is 28.9. The first-order valence-corrected chi connectivity index (χ1v) is 8.29. The van der Waals surface area contributed by atoms with Gasteiger partial charge in [-0.1, -0.05) is 12.1 Å². The maximum absolute atomic E-state index is 12.4. The highest BCUT2D eigenvalue weighted by atomic mass is 32.1. The Morgan fingerprint density at radius 3 is 3.00 bits per heavy atom. The quantitative estimate of drug-likeness (QED) is 0.602. The van der Waals surface area contributed by atoms with Gasteiger partial charge in [-0.2, -0.15) is 0 Å². The monoisotopic (exact) mass is 355 g/mol. The first-order valence-electron chi connectivity index (χ1n) is 7.41. The lowest BCUT2D eigenvalue weighted by Gasteiger charge is -2.09. The van der Waals surface area contributed by atoms with Crippen molar-refractivity contribution in [3.05, 3.63) is 52.5 Å². The minimum Gasteiger partial charge on any atom is -0.495 e. The van der Waals surface area contributed by atoms with Gasteiger partial charge in [-0.25, -0.2) is 18.9 Å². The predicted octanol–water partition coefficient (Wildman–Crippen LogP) is 1.75. The van der Waals surface area contributed by atoms with Gasteiger partial charge in [-0.15, -0.1) is 16.4 Å². The van der Waals surface area contributed by atoms with E-state index in [1.165, 1.54) is 29.2 Å². The van der Waals surface area contributed by atoms with E-state index in [2.05, 4.69) is 15.4 Å². The lowest BCUT2D eigenvalue weighted by molar-refractivity contribution is -0.117. The summed E-state index contributed by atoms with van der Waals surface area (Å²) >= 11 is 1.45. The maximum Gasteiger partial charge on any atom is 0.352 e. The normalized spacial score (nSPS) is 11.1. The number of hydrogen-bond donors (Lipinski definition) is 1. The molecule has 1 N–H and O–H groups in total. The molecule has 0 unspecified atom stereocenters. The number of hydrogen-bond acceptors (Lipinski definition) is 6. The Hall–Kier alpha value is -3.20. The van der Waals surface area contributed by atoms with Gasteiger partial charge in [0.25, 0.3) is 0 Å². The van der Waals surface area contributed by atoms with Crippen molar-refractivity contribution in [1.82, 2.24) is 19.2 Å². The molecule has 0 aliphatic carbocycles. The molecule has 25 heavy (non-hydrogen) atoms. The van der Waals surface area contributed by atoms with Gasteiger partial charge < -0.3 is 10.1 Å². The molecule has 0 saturated heterocycles. The molecule has 0 bridgehead atoms. The second kappa shape index (κ2) is 6.02. The number of rotatable bonds is 4. The smallest absolute Gasteiger partial charge is 0.352 e. The Balaban J connectivity index is 1.65. The van der Waals surface area contributed by atoms with Crippen molar-refractivity contribution in [3.63, 3.8) is 0 Å². The second-order valence-electron chi connectivity index (χ2n) is 5.26. The third-order valence-corrected chi connectivity index (χ3v) is 4.60. The molecule has 1 amide bonds. The minimum absolute atomic E-state index is 0.203. The number of carbonyl (C=O) groups excluding carboxylic acids is 1. The van der Waals surface area contributed by atoms with Crippen molar-refractivity contribution < 1.29 is 9.53 Å². The molecule has 0 aliphatic heterocycles. The van der Waals surface area contributed by atoms with Gasteiger partial charge in [0.1, 0.15) is 18.6 Å². The van der Waals surface area contributed by atoms with Crippen LogP contribution in [0, 0.1) is 0 Å². The van der Waals surface area contributed by atoms with E-state index < -0.39 is 5.69 Å². The van der Waals surface area contributed by atoms with Gasteiger partial charge in [0.2, 0.25) is 5.91 Å². The topological polar surface area (TPSA) is 90.5 Å². The van der Waals surface area contributed by atoms with Crippen molar-refractivity contribution in [1.29, 1.82) is 0 Å². The van der Waals surface area contributed by atoms with Crippen LogP contribution in [0.3, 0.4) is 0 Å². The maximum atomic E-state index is 12.4. The van der Waals surface area contributed by atoms with Crippen molar-refractivity contribution in [2.45, 2.75) is 6.54 Å². The van der Waals surface area contributed by atoms with Crippen LogP contribution in [0.15, 0.2) is 46.8 Å². The zero-order valence-electron chi connectivity index (χ0n) is 13.2. The summed E-state index contributed by atoms with van der Waals surface area (Å²) in [5, 5.41) is 8.89. The van der Waals surface area contributed by atoms with E-state index in [4.69, 9.17) is 4.74 Å². The number of para-hydroxylation sites is 2. The number of benzene rings is 1. The lowest BCUT2D eigenvalue weighted by atomic mass is 10.3. The van der Waals surface area contributed by atoms with E-state index >= 15 is 0 Å². The Morgan fingerprint density at radius 2 is 2.16 bits per heavy atom. The van der Waals surface area contributed by atoms with Crippen molar-refractivity contribution in [2.24, 2.45) is 0 Å². The van der Waals surface area contributed by atoms with Crippen LogP contribution in [0.5, 0.6) is 5.75 Å². The number of nitrogens with zero attached hydrogens (tertiary/aromatic N) is 4. The van der Waals surface area contributed by atoms with Crippen LogP contribution in [0.25, 0.3) is 15.9 Å². The number of ether oxygens (including phenoxy) is 1. The highest BCUT2D eigenvalue weighted by Crippen LogP contribution is 2.23. The first-order chi connectivity index (χ1) is 12.2. The summed E-state index contributed by atoms with van der Waals surface area (Å²) < 4.78 is 8.47. The molecule has 0 atom stereocenters. The number of amides is 1. The molecule has 1 aromatic carbocycles. The Morgan fingerprint density at radius 1 is 1.32 bits per heavy atom. The van der Waals surface area contributed by atoms with E-state index in [1.807, 2.05) is 11.4 Å². The van der Waals surface area contributed by atoms with Crippen LogP contribution < -0.4 is 15.7 Å². The molecule has 0 aliphatic rings. The number of anilines is 1. The number of carbonyl (C=O) groups is 1. The van der Waals surface area contributed by atoms with Gasteiger partial charge >= 0.3 is 5.69 Å². The van der Waals surface area contributed by atoms with Gasteiger partial charge in [0, 0.05) is 0 Å². The molecule has 0 radical (unpaired) electrons. The number of fused-ring (bicyclic) bond motifs is 3. The van der Waals surface area contributed by atoms with Crippen LogP contribution in [-0.2, 0) is 11.3 Å². The fourth-order valence-corrected chi connectivity index (χ4v) is 3.37. The molecule has 126 valence electrons. The lowest BCUT2D eigenvalue weighted by Crippen LogP contribution is -2.28. The molecular formula is C16H13N5O3S. The van der Waals surface area contributed by atoms with E-state index in [9.17, 15) is 9.59 Å². The molecule has 0 saturated carbocycles. The standard InChI is InChI=1S/C16H13N5O3S/c1-24-12-5-3-2-4-10(12)18-13(22)8-21-16(23)20-9-17-11-6-7-25-14(11)15(20)19-21/h2-7,9H,8H2,1H3,(H,18,22). The third kappa shape index (κ3) is 2.64. The van der Waals surface area contributed by atoms with Crippen molar-refractivity contribution >= 4 is 38.8 Å². The Bertz CT molecular complexity index is 1140. The van der Waals surface area contributed by atoms with E-state index in [0.29, 0.717) is 17.1 Å². The molecule has 0 fully saturated rings. The van der Waals surface area contributed by atoms with Crippen LogP contribution in [-0.4, -0.2) is 32.2 Å². The molecule has 0 spiro atoms. The van der Waals surface area contributed by atoms with Gasteiger partial charge in [-0.05, 0) is 23.6 Å². The summed E-state index contributed by atoms with van der Waals surface area (Å²) in [5.41, 5.74) is 1.39. The largest absolute Gasteiger partial charge is 0.495 e. The molecule has 8 nitrogen and oxygen atoms in total. The van der Waals surface area contributed by atoms with Gasteiger partial charge in [-0.3, -0.25) is 4.79 Å². The highest BCUT2D eigenvalue weighted by molar-refractivity contribution is 7.17. The van der Waals surface area contributed by atoms with Crippen LogP contribution in [0.4, 0.5) is 5.69 Å². The summed E-state index contributed by atoms with van der Waals surface area (Å²) in [6.07, 6.45) is 1.42. The molecular weight excluding hydrogens is 342 g/mol. The number of thiophene rings is 1. The average Bonchev–Trinajstić information content (AvgIpc) is 3.21. The minimum atomic E-state index is -0.409. The average molecular weight is 355 g/mol. The van der Waals surface area contributed by atoms with Gasteiger partial charge in [0.15, 0.2) is 5.65 Å². The second-order valence-corrected chi connectivity index (χ2v) is 6.18.